The van der Waals surface area contributed by atoms with Gasteiger partial charge in [0.2, 0.25) is 0 Å². The number of fused-ring (bicyclic) bond motifs is 1. The van der Waals surface area contributed by atoms with Crippen molar-refractivity contribution in [1.82, 2.24) is 9.97 Å². The summed E-state index contributed by atoms with van der Waals surface area (Å²) in [4.78, 5) is 18.5. The molecule has 110 valence electrons. The van der Waals surface area contributed by atoms with Crippen LogP contribution in [-0.2, 0) is 11.2 Å². The number of anilines is 1. The topological polar surface area (TPSA) is 76.2 Å². The van der Waals surface area contributed by atoms with Gasteiger partial charge in [0.25, 0.3) is 0 Å². The smallest absolute Gasteiger partial charge is 0.411 e. The quantitative estimate of drug-likeness (QED) is 0.910. The zero-order valence-corrected chi connectivity index (χ0v) is 11.8. The molecule has 0 spiro atoms. The molecule has 0 radical (unpaired) electrons. The van der Waals surface area contributed by atoms with E-state index in [1.807, 2.05) is 24.4 Å². The monoisotopic (exact) mass is 287 g/mol. The second kappa shape index (κ2) is 5.87. The molecule has 1 aliphatic heterocycles. The second-order valence-corrected chi connectivity index (χ2v) is 4.98. The molecular formula is C15H17N3O3. The molecule has 6 nitrogen and oxygen atoms in total. The Labute approximate surface area is 122 Å². The number of H-pyrrole nitrogens is 1. The fourth-order valence-electron chi connectivity index (χ4n) is 2.59. The van der Waals surface area contributed by atoms with Gasteiger partial charge in [-0.25, -0.2) is 9.78 Å². The van der Waals surface area contributed by atoms with Crippen LogP contribution in [0, 0.1) is 0 Å². The van der Waals surface area contributed by atoms with Crippen molar-refractivity contribution < 1.29 is 14.3 Å². The van der Waals surface area contributed by atoms with E-state index in [1.165, 1.54) is 7.11 Å². The molecule has 1 amide bonds. The Kier molecular flexibility index (Phi) is 3.77. The number of ether oxygens (including phenoxy) is 2. The molecule has 3 rings (SSSR count). The summed E-state index contributed by atoms with van der Waals surface area (Å²) in [5.41, 5.74) is 2.91. The number of benzene rings is 1. The van der Waals surface area contributed by atoms with Crippen LogP contribution >= 0.6 is 0 Å². The van der Waals surface area contributed by atoms with Crippen molar-refractivity contribution in [1.29, 1.82) is 0 Å². The van der Waals surface area contributed by atoms with Crippen LogP contribution < -0.4 is 10.1 Å². The number of hydrogen-bond donors (Lipinski definition) is 2. The van der Waals surface area contributed by atoms with E-state index < -0.39 is 6.09 Å². The first-order chi connectivity index (χ1) is 10.3. The molecule has 2 N–H and O–H groups in total. The van der Waals surface area contributed by atoms with Gasteiger partial charge in [-0.2, -0.15) is 0 Å². The van der Waals surface area contributed by atoms with Crippen molar-refractivity contribution in [2.24, 2.45) is 0 Å². The lowest BCUT2D eigenvalue weighted by Crippen LogP contribution is -2.17. The highest BCUT2D eigenvalue weighted by atomic mass is 16.5. The van der Waals surface area contributed by atoms with E-state index in [2.05, 4.69) is 20.0 Å². The third-order valence-corrected chi connectivity index (χ3v) is 3.63. The zero-order chi connectivity index (χ0) is 14.7. The minimum absolute atomic E-state index is 0.341. The number of carbonyl (C=O) groups excluding carboxylic acids is 1. The molecule has 2 aromatic rings. The summed E-state index contributed by atoms with van der Waals surface area (Å²) in [6, 6.07) is 5.65. The minimum Gasteiger partial charge on any atom is -0.493 e. The number of aromatic nitrogens is 2. The van der Waals surface area contributed by atoms with E-state index in [4.69, 9.17) is 4.74 Å². The lowest BCUT2D eigenvalue weighted by Gasteiger charge is -2.26. The Hall–Kier alpha value is -2.50. The number of hydrogen-bond acceptors (Lipinski definition) is 4. The maximum atomic E-state index is 11.3. The molecule has 0 saturated heterocycles. The fourth-order valence-corrected chi connectivity index (χ4v) is 2.59. The van der Waals surface area contributed by atoms with Gasteiger partial charge in [-0.15, -0.1) is 0 Å². The van der Waals surface area contributed by atoms with Crippen molar-refractivity contribution in [3.05, 3.63) is 42.0 Å². The predicted molar refractivity (Wildman–Crippen MR) is 77.6 cm³/mol. The predicted octanol–water partition coefficient (Wildman–Crippen LogP) is 2.70. The molecule has 0 fully saturated rings. The summed E-state index contributed by atoms with van der Waals surface area (Å²) in [7, 11) is 1.35. The van der Waals surface area contributed by atoms with Crippen LogP contribution in [0.2, 0.25) is 0 Å². The van der Waals surface area contributed by atoms with E-state index in [9.17, 15) is 4.79 Å². The molecule has 2 heterocycles. The Morgan fingerprint density at radius 2 is 2.48 bits per heavy atom. The van der Waals surface area contributed by atoms with Crippen LogP contribution in [0.4, 0.5) is 10.5 Å². The Morgan fingerprint density at radius 1 is 1.57 bits per heavy atom. The van der Waals surface area contributed by atoms with E-state index >= 15 is 0 Å². The van der Waals surface area contributed by atoms with E-state index in [-0.39, 0.29) is 0 Å². The van der Waals surface area contributed by atoms with E-state index in [1.54, 1.807) is 6.33 Å². The van der Waals surface area contributed by atoms with Crippen molar-refractivity contribution >= 4 is 11.8 Å². The average Bonchev–Trinajstić information content (AvgIpc) is 3.01. The van der Waals surface area contributed by atoms with E-state index in [0.717, 1.165) is 29.8 Å². The van der Waals surface area contributed by atoms with Crippen molar-refractivity contribution in [3.63, 3.8) is 0 Å². The summed E-state index contributed by atoms with van der Waals surface area (Å²) in [6.07, 6.45) is 4.86. The first-order valence-electron chi connectivity index (χ1n) is 6.85. The van der Waals surface area contributed by atoms with Crippen LogP contribution in [0.25, 0.3) is 0 Å². The standard InChI is InChI=1S/C15H17N3O3/c1-20-15(19)18-11-2-3-14-13(7-11)10(4-5-21-14)6-12-8-16-9-17-12/h2-3,7-10H,4-6H2,1H3,(H,16,17)(H,18,19). The molecule has 1 aliphatic rings. The van der Waals surface area contributed by atoms with Gasteiger partial charge >= 0.3 is 6.09 Å². The summed E-state index contributed by atoms with van der Waals surface area (Å²) < 4.78 is 10.3. The third kappa shape index (κ3) is 2.99. The summed E-state index contributed by atoms with van der Waals surface area (Å²) >= 11 is 0. The van der Waals surface area contributed by atoms with Crippen molar-refractivity contribution in [2.75, 3.05) is 19.0 Å². The third-order valence-electron chi connectivity index (χ3n) is 3.63. The number of methoxy groups -OCH3 is 1. The highest BCUT2D eigenvalue weighted by Gasteiger charge is 2.23. The summed E-state index contributed by atoms with van der Waals surface area (Å²) in [5.74, 6) is 1.22. The highest BCUT2D eigenvalue weighted by molar-refractivity contribution is 5.84. The lowest BCUT2D eigenvalue weighted by molar-refractivity contribution is 0.187. The lowest BCUT2D eigenvalue weighted by atomic mass is 9.89. The molecule has 1 unspecified atom stereocenters. The number of imidazole rings is 1. The van der Waals surface area contributed by atoms with Crippen molar-refractivity contribution in [3.8, 4) is 5.75 Å². The van der Waals surface area contributed by atoms with Gasteiger partial charge in [-0.1, -0.05) is 0 Å². The second-order valence-electron chi connectivity index (χ2n) is 4.98. The van der Waals surface area contributed by atoms with Crippen LogP contribution in [0.3, 0.4) is 0 Å². The van der Waals surface area contributed by atoms with Gasteiger partial charge in [0.05, 0.1) is 20.0 Å². The molecule has 0 aliphatic carbocycles. The summed E-state index contributed by atoms with van der Waals surface area (Å²) in [5, 5.41) is 2.68. The molecular weight excluding hydrogens is 270 g/mol. The Morgan fingerprint density at radius 3 is 3.24 bits per heavy atom. The van der Waals surface area contributed by atoms with E-state index in [0.29, 0.717) is 18.2 Å². The Balaban J connectivity index is 1.84. The van der Waals surface area contributed by atoms with Gasteiger partial charge in [-0.3, -0.25) is 5.32 Å². The molecule has 0 saturated carbocycles. The molecule has 6 heteroatoms. The number of amides is 1. The average molecular weight is 287 g/mol. The largest absolute Gasteiger partial charge is 0.493 e. The maximum Gasteiger partial charge on any atom is 0.411 e. The molecule has 0 bridgehead atoms. The van der Waals surface area contributed by atoms with Crippen LogP contribution in [0.5, 0.6) is 5.75 Å². The number of rotatable bonds is 3. The van der Waals surface area contributed by atoms with Crippen LogP contribution in [0.1, 0.15) is 23.6 Å². The van der Waals surface area contributed by atoms with Gasteiger partial charge in [0.1, 0.15) is 5.75 Å². The zero-order valence-electron chi connectivity index (χ0n) is 11.8. The van der Waals surface area contributed by atoms with Crippen LogP contribution in [0.15, 0.2) is 30.7 Å². The van der Waals surface area contributed by atoms with Gasteiger partial charge < -0.3 is 14.5 Å². The SMILES string of the molecule is COC(=O)Nc1ccc2c(c1)C(Cc1cnc[nH]1)CCO2. The normalized spacial score (nSPS) is 16.7. The van der Waals surface area contributed by atoms with Gasteiger partial charge in [0, 0.05) is 17.6 Å². The Bertz CT molecular complexity index is 625. The molecule has 1 atom stereocenters. The highest BCUT2D eigenvalue weighted by Crippen LogP contribution is 2.37. The fraction of sp³-hybridized carbons (Fsp3) is 0.333. The number of aromatic amines is 1. The first kappa shape index (κ1) is 13.5. The number of nitrogens with one attached hydrogen (secondary N) is 2. The maximum absolute atomic E-state index is 11.3. The summed E-state index contributed by atoms with van der Waals surface area (Å²) in [6.45, 7) is 0.704. The van der Waals surface area contributed by atoms with Crippen LogP contribution in [-0.4, -0.2) is 29.8 Å². The molecule has 1 aromatic heterocycles. The molecule has 1 aromatic carbocycles. The molecule has 21 heavy (non-hydrogen) atoms. The first-order valence-corrected chi connectivity index (χ1v) is 6.85. The van der Waals surface area contributed by atoms with Gasteiger partial charge in [0.15, 0.2) is 0 Å². The van der Waals surface area contributed by atoms with Crippen molar-refractivity contribution in [2.45, 2.75) is 18.8 Å². The number of carbonyl (C=O) groups is 1. The number of nitrogens with zero attached hydrogens (tertiary/aromatic N) is 1. The van der Waals surface area contributed by atoms with Gasteiger partial charge in [-0.05, 0) is 42.5 Å². The minimum atomic E-state index is -0.475.